The quantitative estimate of drug-likeness (QED) is 0.857. The number of aliphatic hydroxyl groups excluding tert-OH is 1. The smallest absolute Gasteiger partial charge is 0.0572 e. The van der Waals surface area contributed by atoms with E-state index >= 15 is 0 Å². The van der Waals surface area contributed by atoms with Crippen LogP contribution in [0.5, 0.6) is 0 Å². The number of hydrogen-bond donors (Lipinski definition) is 2. The molecule has 1 heterocycles. The van der Waals surface area contributed by atoms with Gasteiger partial charge in [0.05, 0.1) is 6.10 Å². The van der Waals surface area contributed by atoms with E-state index in [0.29, 0.717) is 5.92 Å². The highest BCUT2D eigenvalue weighted by molar-refractivity contribution is 5.28. The van der Waals surface area contributed by atoms with Gasteiger partial charge in [-0.15, -0.1) is 0 Å². The van der Waals surface area contributed by atoms with Crippen LogP contribution in [0.1, 0.15) is 36.0 Å². The molecular formula is C16H25NO. The zero-order valence-electron chi connectivity index (χ0n) is 11.6. The van der Waals surface area contributed by atoms with Crippen LogP contribution in [-0.4, -0.2) is 24.3 Å². The normalized spacial score (nSPS) is 18.8. The second kappa shape index (κ2) is 6.35. The molecule has 1 aliphatic rings. The largest absolute Gasteiger partial charge is 0.393 e. The van der Waals surface area contributed by atoms with E-state index in [9.17, 15) is 5.11 Å². The van der Waals surface area contributed by atoms with Crippen LogP contribution in [0.15, 0.2) is 18.2 Å². The molecule has 2 N–H and O–H groups in total. The molecule has 0 radical (unpaired) electrons. The van der Waals surface area contributed by atoms with E-state index in [1.54, 1.807) is 0 Å². The maximum absolute atomic E-state index is 10.2. The summed E-state index contributed by atoms with van der Waals surface area (Å²) in [7, 11) is 0. The lowest BCUT2D eigenvalue weighted by Crippen LogP contribution is -2.34. The molecule has 2 heteroatoms. The fourth-order valence-corrected chi connectivity index (χ4v) is 2.99. The van der Waals surface area contributed by atoms with Gasteiger partial charge in [0.15, 0.2) is 0 Å². The summed E-state index contributed by atoms with van der Waals surface area (Å²) in [6, 6.07) is 6.68. The molecule has 0 bridgehead atoms. The summed E-state index contributed by atoms with van der Waals surface area (Å²) in [6.07, 6.45) is 4.00. The van der Waals surface area contributed by atoms with Crippen molar-refractivity contribution in [2.45, 2.75) is 45.6 Å². The molecule has 1 aromatic carbocycles. The monoisotopic (exact) mass is 247 g/mol. The van der Waals surface area contributed by atoms with E-state index in [-0.39, 0.29) is 6.10 Å². The Morgan fingerprint density at radius 1 is 1.17 bits per heavy atom. The Labute approximate surface area is 110 Å². The molecule has 1 saturated heterocycles. The lowest BCUT2D eigenvalue weighted by atomic mass is 9.88. The van der Waals surface area contributed by atoms with E-state index in [2.05, 4.69) is 37.4 Å². The van der Waals surface area contributed by atoms with Gasteiger partial charge in [-0.1, -0.05) is 29.3 Å². The van der Waals surface area contributed by atoms with Gasteiger partial charge < -0.3 is 10.4 Å². The van der Waals surface area contributed by atoms with Gasteiger partial charge >= 0.3 is 0 Å². The van der Waals surface area contributed by atoms with Crippen molar-refractivity contribution >= 4 is 0 Å². The van der Waals surface area contributed by atoms with Crippen molar-refractivity contribution in [3.05, 3.63) is 34.9 Å². The molecule has 100 valence electrons. The van der Waals surface area contributed by atoms with Crippen LogP contribution in [0.4, 0.5) is 0 Å². The first kappa shape index (κ1) is 13.6. The molecule has 1 aliphatic heterocycles. The molecular weight excluding hydrogens is 222 g/mol. The van der Waals surface area contributed by atoms with E-state index in [4.69, 9.17) is 0 Å². The predicted octanol–water partition coefficient (Wildman–Crippen LogP) is 2.60. The Bertz CT molecular complexity index is 362. The molecule has 1 atom stereocenters. The standard InChI is InChI=1S/C16H25NO/c1-12-9-13(2)11-14(10-12)3-4-16(18)15-5-7-17-8-6-15/h9-11,15-18H,3-8H2,1-2H3. The van der Waals surface area contributed by atoms with Crippen molar-refractivity contribution < 1.29 is 5.11 Å². The van der Waals surface area contributed by atoms with Gasteiger partial charge in [0.1, 0.15) is 0 Å². The Kier molecular flexibility index (Phi) is 4.79. The van der Waals surface area contributed by atoms with Gasteiger partial charge in [0, 0.05) is 0 Å². The third-order valence-corrected chi connectivity index (χ3v) is 3.94. The lowest BCUT2D eigenvalue weighted by Gasteiger charge is -2.27. The van der Waals surface area contributed by atoms with Crippen molar-refractivity contribution in [2.75, 3.05) is 13.1 Å². The summed E-state index contributed by atoms with van der Waals surface area (Å²) >= 11 is 0. The van der Waals surface area contributed by atoms with Crippen LogP contribution in [0, 0.1) is 19.8 Å². The zero-order valence-corrected chi connectivity index (χ0v) is 11.6. The summed E-state index contributed by atoms with van der Waals surface area (Å²) in [5, 5.41) is 13.6. The molecule has 0 aromatic heterocycles. The fraction of sp³-hybridized carbons (Fsp3) is 0.625. The highest BCUT2D eigenvalue weighted by atomic mass is 16.3. The fourth-order valence-electron chi connectivity index (χ4n) is 2.99. The summed E-state index contributed by atoms with van der Waals surface area (Å²) in [6.45, 7) is 6.40. The van der Waals surface area contributed by atoms with Crippen LogP contribution >= 0.6 is 0 Å². The third-order valence-electron chi connectivity index (χ3n) is 3.94. The molecule has 0 amide bonds. The van der Waals surface area contributed by atoms with Gasteiger partial charge in [0.2, 0.25) is 0 Å². The molecule has 2 rings (SSSR count). The van der Waals surface area contributed by atoms with Crippen molar-refractivity contribution in [1.82, 2.24) is 5.32 Å². The lowest BCUT2D eigenvalue weighted by molar-refractivity contribution is 0.0813. The molecule has 1 fully saturated rings. The van der Waals surface area contributed by atoms with Crippen LogP contribution < -0.4 is 5.32 Å². The average molecular weight is 247 g/mol. The molecule has 1 unspecified atom stereocenters. The van der Waals surface area contributed by atoms with Gasteiger partial charge in [0.25, 0.3) is 0 Å². The van der Waals surface area contributed by atoms with Gasteiger partial charge in [-0.2, -0.15) is 0 Å². The first-order valence-corrected chi connectivity index (χ1v) is 7.11. The molecule has 0 aliphatic carbocycles. The maximum atomic E-state index is 10.2. The summed E-state index contributed by atoms with van der Waals surface area (Å²) < 4.78 is 0. The Balaban J connectivity index is 1.86. The predicted molar refractivity (Wildman–Crippen MR) is 75.8 cm³/mol. The Hall–Kier alpha value is -0.860. The molecule has 0 saturated carbocycles. The van der Waals surface area contributed by atoms with Crippen molar-refractivity contribution in [1.29, 1.82) is 0 Å². The number of hydrogen-bond acceptors (Lipinski definition) is 2. The summed E-state index contributed by atoms with van der Waals surface area (Å²) in [5.41, 5.74) is 4.00. The van der Waals surface area contributed by atoms with Crippen LogP contribution in [-0.2, 0) is 6.42 Å². The summed E-state index contributed by atoms with van der Waals surface area (Å²) in [5.74, 6) is 0.497. The van der Waals surface area contributed by atoms with E-state index in [0.717, 1.165) is 38.8 Å². The number of rotatable bonds is 4. The second-order valence-corrected chi connectivity index (χ2v) is 5.69. The minimum atomic E-state index is -0.132. The molecule has 18 heavy (non-hydrogen) atoms. The number of benzene rings is 1. The first-order chi connectivity index (χ1) is 8.65. The Morgan fingerprint density at radius 2 is 1.78 bits per heavy atom. The average Bonchev–Trinajstić information content (AvgIpc) is 2.36. The van der Waals surface area contributed by atoms with Crippen molar-refractivity contribution in [3.8, 4) is 0 Å². The highest BCUT2D eigenvalue weighted by Crippen LogP contribution is 2.20. The second-order valence-electron chi connectivity index (χ2n) is 5.69. The van der Waals surface area contributed by atoms with E-state index in [1.165, 1.54) is 16.7 Å². The maximum Gasteiger partial charge on any atom is 0.0572 e. The topological polar surface area (TPSA) is 32.3 Å². The minimum Gasteiger partial charge on any atom is -0.393 e. The van der Waals surface area contributed by atoms with Crippen molar-refractivity contribution in [2.24, 2.45) is 5.92 Å². The molecule has 1 aromatic rings. The van der Waals surface area contributed by atoms with Gasteiger partial charge in [-0.3, -0.25) is 0 Å². The van der Waals surface area contributed by atoms with Crippen LogP contribution in [0.25, 0.3) is 0 Å². The van der Waals surface area contributed by atoms with Crippen LogP contribution in [0.2, 0.25) is 0 Å². The van der Waals surface area contributed by atoms with Gasteiger partial charge in [-0.25, -0.2) is 0 Å². The number of aliphatic hydroxyl groups is 1. The summed E-state index contributed by atoms with van der Waals surface area (Å²) in [4.78, 5) is 0. The number of piperidine rings is 1. The minimum absolute atomic E-state index is 0.132. The molecule has 2 nitrogen and oxygen atoms in total. The van der Waals surface area contributed by atoms with E-state index < -0.39 is 0 Å². The SMILES string of the molecule is Cc1cc(C)cc(CCC(O)C2CCNCC2)c1. The zero-order chi connectivity index (χ0) is 13.0. The van der Waals surface area contributed by atoms with Gasteiger partial charge in [-0.05, 0) is 64.1 Å². The number of nitrogens with one attached hydrogen (secondary N) is 1. The first-order valence-electron chi connectivity index (χ1n) is 7.11. The third kappa shape index (κ3) is 3.82. The Morgan fingerprint density at radius 3 is 2.39 bits per heavy atom. The van der Waals surface area contributed by atoms with Crippen molar-refractivity contribution in [3.63, 3.8) is 0 Å². The van der Waals surface area contributed by atoms with Crippen LogP contribution in [0.3, 0.4) is 0 Å². The molecule has 0 spiro atoms. The highest BCUT2D eigenvalue weighted by Gasteiger charge is 2.21. The van der Waals surface area contributed by atoms with E-state index in [1.807, 2.05) is 0 Å². The number of aryl methyl sites for hydroxylation is 3.